The number of carboxylic acid groups (broad SMARTS) is 1. The van der Waals surface area contributed by atoms with Crippen molar-refractivity contribution in [2.24, 2.45) is 11.8 Å². The number of ether oxygens (including phenoxy) is 1. The molecule has 0 saturated heterocycles. The molecule has 1 aliphatic rings. The molecule has 0 bridgehead atoms. The molecule has 0 heterocycles. The van der Waals surface area contributed by atoms with E-state index in [1.807, 2.05) is 13.8 Å². The number of anilines is 1. The molecule has 1 fully saturated rings. The number of benzene rings is 1. The zero-order valence-electron chi connectivity index (χ0n) is 11.6. The highest BCUT2D eigenvalue weighted by atomic mass is 16.5. The van der Waals surface area contributed by atoms with E-state index >= 15 is 0 Å². The van der Waals surface area contributed by atoms with Crippen molar-refractivity contribution in [1.82, 2.24) is 0 Å². The Morgan fingerprint density at radius 1 is 1.35 bits per heavy atom. The third-order valence-corrected chi connectivity index (χ3v) is 3.48. The molecule has 2 rings (SSSR count). The van der Waals surface area contributed by atoms with Crippen LogP contribution in [0.5, 0.6) is 5.75 Å². The van der Waals surface area contributed by atoms with Crippen LogP contribution in [0.1, 0.15) is 26.7 Å². The van der Waals surface area contributed by atoms with Crippen LogP contribution >= 0.6 is 0 Å². The summed E-state index contributed by atoms with van der Waals surface area (Å²) in [5.74, 6) is -1.30. The summed E-state index contributed by atoms with van der Waals surface area (Å²) in [6.07, 6.45) is 1.51. The number of hydrogen-bond donors (Lipinski definition) is 2. The summed E-state index contributed by atoms with van der Waals surface area (Å²) in [5.41, 5.74) is 0.655. The van der Waals surface area contributed by atoms with Crippen molar-refractivity contribution in [3.63, 3.8) is 0 Å². The van der Waals surface area contributed by atoms with E-state index in [1.54, 1.807) is 24.3 Å². The van der Waals surface area contributed by atoms with Crippen molar-refractivity contribution < 1.29 is 19.4 Å². The van der Waals surface area contributed by atoms with Gasteiger partial charge in [0.05, 0.1) is 17.9 Å². The van der Waals surface area contributed by atoms with Crippen LogP contribution in [0, 0.1) is 11.8 Å². The van der Waals surface area contributed by atoms with E-state index in [4.69, 9.17) is 9.84 Å². The molecule has 1 aromatic carbocycles. The lowest BCUT2D eigenvalue weighted by Gasteiger charge is -2.13. The van der Waals surface area contributed by atoms with E-state index < -0.39 is 17.8 Å². The average molecular weight is 277 g/mol. The lowest BCUT2D eigenvalue weighted by Crippen LogP contribution is -2.16. The Hall–Kier alpha value is -2.04. The van der Waals surface area contributed by atoms with Crippen molar-refractivity contribution in [2.75, 3.05) is 5.32 Å². The first-order chi connectivity index (χ1) is 9.51. The molecule has 108 valence electrons. The molecule has 1 saturated carbocycles. The molecule has 1 aromatic rings. The van der Waals surface area contributed by atoms with Gasteiger partial charge in [-0.05, 0) is 44.0 Å². The van der Waals surface area contributed by atoms with E-state index in [0.717, 1.165) is 12.2 Å². The van der Waals surface area contributed by atoms with Crippen LogP contribution in [0.3, 0.4) is 0 Å². The molecule has 0 radical (unpaired) electrons. The fourth-order valence-electron chi connectivity index (χ4n) is 1.93. The number of hydrogen-bond acceptors (Lipinski definition) is 3. The van der Waals surface area contributed by atoms with E-state index in [-0.39, 0.29) is 12.0 Å². The fourth-order valence-corrected chi connectivity index (χ4v) is 1.93. The van der Waals surface area contributed by atoms with Crippen LogP contribution < -0.4 is 10.1 Å². The average Bonchev–Trinajstić information content (AvgIpc) is 3.21. The summed E-state index contributed by atoms with van der Waals surface area (Å²) in [6, 6.07) is 7.11. The van der Waals surface area contributed by atoms with E-state index in [0.29, 0.717) is 12.1 Å². The summed E-state index contributed by atoms with van der Waals surface area (Å²) < 4.78 is 5.64. The monoisotopic (exact) mass is 277 g/mol. The third kappa shape index (κ3) is 3.50. The van der Waals surface area contributed by atoms with Crippen LogP contribution in [0.25, 0.3) is 0 Å². The van der Waals surface area contributed by atoms with Crippen LogP contribution in [0.15, 0.2) is 24.3 Å². The molecule has 5 heteroatoms. The second-order valence-corrected chi connectivity index (χ2v) is 5.14. The number of carboxylic acids is 1. The van der Waals surface area contributed by atoms with Crippen LogP contribution in [0.4, 0.5) is 5.69 Å². The Labute approximate surface area is 117 Å². The maximum Gasteiger partial charge on any atom is 0.307 e. The van der Waals surface area contributed by atoms with Gasteiger partial charge in [-0.3, -0.25) is 9.59 Å². The van der Waals surface area contributed by atoms with Gasteiger partial charge in [-0.1, -0.05) is 6.92 Å². The summed E-state index contributed by atoms with van der Waals surface area (Å²) >= 11 is 0. The van der Waals surface area contributed by atoms with Crippen molar-refractivity contribution in [2.45, 2.75) is 32.8 Å². The summed E-state index contributed by atoms with van der Waals surface area (Å²) in [4.78, 5) is 22.5. The number of aliphatic carboxylic acids is 1. The minimum atomic E-state index is -0.901. The smallest absolute Gasteiger partial charge is 0.307 e. The largest absolute Gasteiger partial charge is 0.491 e. The van der Waals surface area contributed by atoms with Gasteiger partial charge in [-0.25, -0.2) is 0 Å². The van der Waals surface area contributed by atoms with Crippen molar-refractivity contribution >= 4 is 17.6 Å². The van der Waals surface area contributed by atoms with Gasteiger partial charge in [-0.2, -0.15) is 0 Å². The molecule has 2 N–H and O–H groups in total. The maximum absolute atomic E-state index is 11.8. The number of amides is 1. The van der Waals surface area contributed by atoms with Crippen LogP contribution in [-0.4, -0.2) is 23.1 Å². The second-order valence-electron chi connectivity index (χ2n) is 5.14. The molecular formula is C15H19NO4. The zero-order valence-corrected chi connectivity index (χ0v) is 11.6. The topological polar surface area (TPSA) is 75.6 Å². The van der Waals surface area contributed by atoms with Gasteiger partial charge in [0.15, 0.2) is 0 Å². The number of rotatable bonds is 6. The normalized spacial score (nSPS) is 21.9. The lowest BCUT2D eigenvalue weighted by molar-refractivity contribution is -0.139. The first-order valence-electron chi connectivity index (χ1n) is 6.81. The first-order valence-corrected chi connectivity index (χ1v) is 6.81. The molecule has 5 nitrogen and oxygen atoms in total. The SMILES string of the molecule is CC[C@H](C)Oc1ccc(NC(=O)[C@@H]2C[C@H]2C(=O)O)cc1. The van der Waals surface area contributed by atoms with E-state index in [2.05, 4.69) is 5.32 Å². The highest BCUT2D eigenvalue weighted by molar-refractivity contribution is 5.98. The van der Waals surface area contributed by atoms with Crippen molar-refractivity contribution in [3.05, 3.63) is 24.3 Å². The fraction of sp³-hybridized carbons (Fsp3) is 0.467. The first kappa shape index (κ1) is 14.4. The quantitative estimate of drug-likeness (QED) is 0.837. The summed E-state index contributed by atoms with van der Waals surface area (Å²) in [6.45, 7) is 4.04. The van der Waals surface area contributed by atoms with Gasteiger partial charge in [0.2, 0.25) is 5.91 Å². The highest BCUT2D eigenvalue weighted by Crippen LogP contribution is 2.39. The van der Waals surface area contributed by atoms with Crippen LogP contribution in [-0.2, 0) is 9.59 Å². The van der Waals surface area contributed by atoms with Crippen molar-refractivity contribution in [3.8, 4) is 5.75 Å². The van der Waals surface area contributed by atoms with Gasteiger partial charge in [-0.15, -0.1) is 0 Å². The molecule has 3 atom stereocenters. The summed E-state index contributed by atoms with van der Waals surface area (Å²) in [5, 5.41) is 11.5. The number of carbonyl (C=O) groups is 2. The van der Waals surface area contributed by atoms with Crippen LogP contribution in [0.2, 0.25) is 0 Å². The number of carbonyl (C=O) groups excluding carboxylic acids is 1. The zero-order chi connectivity index (χ0) is 14.7. The van der Waals surface area contributed by atoms with Gasteiger partial charge >= 0.3 is 5.97 Å². The highest BCUT2D eigenvalue weighted by Gasteiger charge is 2.48. The molecule has 0 aromatic heterocycles. The minimum absolute atomic E-state index is 0.151. The molecule has 20 heavy (non-hydrogen) atoms. The predicted octanol–water partition coefficient (Wildman–Crippen LogP) is 2.52. The lowest BCUT2D eigenvalue weighted by atomic mass is 10.2. The molecular weight excluding hydrogens is 258 g/mol. The Kier molecular flexibility index (Phi) is 4.27. The Balaban J connectivity index is 1.88. The van der Waals surface area contributed by atoms with Gasteiger partial charge in [0.25, 0.3) is 0 Å². The van der Waals surface area contributed by atoms with Crippen molar-refractivity contribution in [1.29, 1.82) is 0 Å². The molecule has 1 amide bonds. The minimum Gasteiger partial charge on any atom is -0.491 e. The Morgan fingerprint density at radius 2 is 2.00 bits per heavy atom. The van der Waals surface area contributed by atoms with Gasteiger partial charge in [0.1, 0.15) is 5.75 Å². The molecule has 1 aliphatic carbocycles. The second kappa shape index (κ2) is 5.94. The van der Waals surface area contributed by atoms with E-state index in [1.165, 1.54) is 0 Å². The Morgan fingerprint density at radius 3 is 2.50 bits per heavy atom. The molecule has 0 unspecified atom stereocenters. The Bertz CT molecular complexity index is 497. The number of nitrogens with one attached hydrogen (secondary N) is 1. The van der Waals surface area contributed by atoms with E-state index in [9.17, 15) is 9.59 Å². The standard InChI is InChI=1S/C15H19NO4/c1-3-9(2)20-11-6-4-10(5-7-11)16-14(17)12-8-13(12)15(18)19/h4-7,9,12-13H,3,8H2,1-2H3,(H,16,17)(H,18,19)/t9-,12+,13+/m0/s1. The molecule has 0 spiro atoms. The maximum atomic E-state index is 11.8. The summed E-state index contributed by atoms with van der Waals surface area (Å²) in [7, 11) is 0. The van der Waals surface area contributed by atoms with Gasteiger partial charge < -0.3 is 15.2 Å². The van der Waals surface area contributed by atoms with Gasteiger partial charge in [0, 0.05) is 5.69 Å². The predicted molar refractivity (Wildman–Crippen MR) is 74.7 cm³/mol. The molecule has 0 aliphatic heterocycles. The third-order valence-electron chi connectivity index (χ3n) is 3.48.